The van der Waals surface area contributed by atoms with Crippen molar-refractivity contribution < 1.29 is 36.7 Å². The minimum atomic E-state index is -4.62. The molecule has 4 atom stereocenters. The minimum absolute atomic E-state index is 0.0243. The van der Waals surface area contributed by atoms with Crippen LogP contribution in [0.2, 0.25) is 0 Å². The SMILES string of the molecule is CCC(C)[C@H](NC(=O)Cc1ccccc1F)C(=O)N[C@]1(C(=O)N[C@H]2CCCCNC2=O)CCc2[nH]c3c(C(F)(F)F)cccc3c2C1. The maximum absolute atomic E-state index is 14.3. The molecule has 0 saturated carbocycles. The number of hydrogen-bond donors (Lipinski definition) is 5. The van der Waals surface area contributed by atoms with E-state index in [9.17, 15) is 36.7 Å². The van der Waals surface area contributed by atoms with E-state index in [1.54, 1.807) is 19.1 Å². The lowest BCUT2D eigenvalue weighted by molar-refractivity contribution is -0.138. The molecule has 1 aromatic heterocycles. The maximum Gasteiger partial charge on any atom is 0.418 e. The van der Waals surface area contributed by atoms with Crippen LogP contribution in [0.25, 0.3) is 10.9 Å². The highest BCUT2D eigenvalue weighted by atomic mass is 19.4. The molecule has 0 spiro atoms. The third-order valence-electron chi connectivity index (χ3n) is 9.37. The molecule has 5 rings (SSSR count). The average molecular weight is 658 g/mol. The molecule has 252 valence electrons. The van der Waals surface area contributed by atoms with Gasteiger partial charge in [-0.3, -0.25) is 19.2 Å². The van der Waals surface area contributed by atoms with Crippen molar-refractivity contribution in [1.82, 2.24) is 26.3 Å². The molecule has 0 radical (unpaired) electrons. The zero-order valence-electron chi connectivity index (χ0n) is 26.3. The Balaban J connectivity index is 1.48. The maximum atomic E-state index is 14.3. The first kappa shape index (κ1) is 33.9. The summed E-state index contributed by atoms with van der Waals surface area (Å²) < 4.78 is 55.9. The Bertz CT molecular complexity index is 1670. The van der Waals surface area contributed by atoms with Gasteiger partial charge in [-0.1, -0.05) is 50.6 Å². The van der Waals surface area contributed by atoms with Crippen molar-refractivity contribution in [2.45, 2.75) is 89.0 Å². The van der Waals surface area contributed by atoms with Gasteiger partial charge in [0.05, 0.1) is 17.5 Å². The molecule has 13 heteroatoms. The molecule has 9 nitrogen and oxygen atoms in total. The van der Waals surface area contributed by atoms with Gasteiger partial charge in [-0.2, -0.15) is 13.2 Å². The van der Waals surface area contributed by atoms with Gasteiger partial charge in [0, 0.05) is 24.0 Å². The predicted molar refractivity (Wildman–Crippen MR) is 166 cm³/mol. The monoisotopic (exact) mass is 657 g/mol. The summed E-state index contributed by atoms with van der Waals surface area (Å²) in [5.41, 5.74) is -1.45. The third-order valence-corrected chi connectivity index (χ3v) is 9.37. The van der Waals surface area contributed by atoms with E-state index >= 15 is 0 Å². The summed E-state index contributed by atoms with van der Waals surface area (Å²) in [6.45, 7) is 4.06. The van der Waals surface area contributed by atoms with E-state index in [1.165, 1.54) is 24.3 Å². The number of aryl methyl sites for hydroxylation is 1. The molecule has 47 heavy (non-hydrogen) atoms. The van der Waals surface area contributed by atoms with Gasteiger partial charge < -0.3 is 26.3 Å². The summed E-state index contributed by atoms with van der Waals surface area (Å²) >= 11 is 0. The van der Waals surface area contributed by atoms with Crippen molar-refractivity contribution in [1.29, 1.82) is 0 Å². The molecule has 1 saturated heterocycles. The largest absolute Gasteiger partial charge is 0.418 e. The van der Waals surface area contributed by atoms with Crippen LogP contribution in [-0.2, 0) is 44.6 Å². The Kier molecular flexibility index (Phi) is 9.92. The molecule has 0 bridgehead atoms. The first-order chi connectivity index (χ1) is 22.3. The highest BCUT2D eigenvalue weighted by molar-refractivity contribution is 5.98. The molecule has 4 amide bonds. The number of nitrogens with one attached hydrogen (secondary N) is 5. The number of halogens is 4. The number of rotatable bonds is 9. The number of benzene rings is 2. The van der Waals surface area contributed by atoms with Crippen molar-refractivity contribution in [3.8, 4) is 0 Å². The average Bonchev–Trinajstić information content (AvgIpc) is 3.28. The lowest BCUT2D eigenvalue weighted by Gasteiger charge is -2.39. The highest BCUT2D eigenvalue weighted by Gasteiger charge is 2.47. The van der Waals surface area contributed by atoms with Crippen LogP contribution in [0, 0.1) is 11.7 Å². The fraction of sp³-hybridized carbons (Fsp3) is 0.471. The topological polar surface area (TPSA) is 132 Å². The zero-order chi connectivity index (χ0) is 33.9. The normalized spacial score (nSPS) is 21.1. The van der Waals surface area contributed by atoms with E-state index in [1.807, 2.05) is 6.92 Å². The Morgan fingerprint density at radius 3 is 2.57 bits per heavy atom. The number of H-pyrrole nitrogens is 1. The molecule has 1 unspecified atom stereocenters. The standard InChI is InChI=1S/C34H39F4N5O4/c1-3-19(2)28(42-27(44)17-20-9-4-5-12-24(20)35)31(46)43-33(32(47)41-26-13-6-7-16-39-30(26)45)15-14-25-22(18-33)21-10-8-11-23(29(21)40-25)34(36,37)38/h4-5,8-12,19,26,28,40H,3,6-7,13-18H2,1-2H3,(H,39,45)(H,41,47)(H,42,44)(H,43,46)/t19?,26-,28-,33+/m0/s1. The smallest absolute Gasteiger partial charge is 0.358 e. The molecule has 1 aliphatic carbocycles. The van der Waals surface area contributed by atoms with Crippen LogP contribution in [0.3, 0.4) is 0 Å². The quantitative estimate of drug-likeness (QED) is 0.221. The number of fused-ring (bicyclic) bond motifs is 3. The first-order valence-electron chi connectivity index (χ1n) is 16.0. The van der Waals surface area contributed by atoms with Crippen LogP contribution in [-0.4, -0.2) is 52.8 Å². The molecular weight excluding hydrogens is 618 g/mol. The number of para-hydroxylation sites is 1. The van der Waals surface area contributed by atoms with Gasteiger partial charge in [0.25, 0.3) is 0 Å². The van der Waals surface area contributed by atoms with E-state index < -0.39 is 58.8 Å². The molecule has 2 aromatic carbocycles. The van der Waals surface area contributed by atoms with Crippen molar-refractivity contribution in [2.24, 2.45) is 5.92 Å². The highest BCUT2D eigenvalue weighted by Crippen LogP contribution is 2.40. The molecule has 5 N–H and O–H groups in total. The number of aromatic nitrogens is 1. The van der Waals surface area contributed by atoms with Crippen LogP contribution in [0.4, 0.5) is 17.6 Å². The minimum Gasteiger partial charge on any atom is -0.358 e. The van der Waals surface area contributed by atoms with E-state index in [2.05, 4.69) is 26.3 Å². The Labute approximate surface area is 269 Å². The first-order valence-corrected chi connectivity index (χ1v) is 16.0. The van der Waals surface area contributed by atoms with Gasteiger partial charge in [-0.15, -0.1) is 0 Å². The van der Waals surface area contributed by atoms with Gasteiger partial charge >= 0.3 is 6.18 Å². The van der Waals surface area contributed by atoms with E-state index in [-0.39, 0.29) is 48.1 Å². The number of hydrogen-bond acceptors (Lipinski definition) is 4. The van der Waals surface area contributed by atoms with Crippen LogP contribution < -0.4 is 21.3 Å². The van der Waals surface area contributed by atoms with Crippen LogP contribution >= 0.6 is 0 Å². The second-order valence-corrected chi connectivity index (χ2v) is 12.6. The van der Waals surface area contributed by atoms with Crippen LogP contribution in [0.1, 0.15) is 68.3 Å². The summed E-state index contributed by atoms with van der Waals surface area (Å²) in [7, 11) is 0. The summed E-state index contributed by atoms with van der Waals surface area (Å²) in [4.78, 5) is 57.0. The summed E-state index contributed by atoms with van der Waals surface area (Å²) in [5.74, 6) is -3.20. The number of carbonyl (C=O) groups excluding carboxylic acids is 4. The molecule has 1 fully saturated rings. The molecule has 2 heterocycles. The van der Waals surface area contributed by atoms with Gasteiger partial charge in [0.15, 0.2) is 0 Å². The summed E-state index contributed by atoms with van der Waals surface area (Å²) in [6, 6.07) is 7.67. The number of aromatic amines is 1. The Morgan fingerprint density at radius 2 is 1.85 bits per heavy atom. The lowest BCUT2D eigenvalue weighted by atomic mass is 9.78. The molecule has 1 aliphatic heterocycles. The van der Waals surface area contributed by atoms with Gasteiger partial charge in [-0.25, -0.2) is 4.39 Å². The predicted octanol–water partition coefficient (Wildman–Crippen LogP) is 4.23. The van der Waals surface area contributed by atoms with E-state index in [4.69, 9.17) is 0 Å². The van der Waals surface area contributed by atoms with E-state index in [0.29, 0.717) is 37.1 Å². The fourth-order valence-electron chi connectivity index (χ4n) is 6.49. The van der Waals surface area contributed by atoms with E-state index in [0.717, 1.165) is 12.5 Å². The number of alkyl halides is 3. The van der Waals surface area contributed by atoms with Gasteiger partial charge in [0.2, 0.25) is 23.6 Å². The third kappa shape index (κ3) is 7.28. The number of carbonyl (C=O) groups is 4. The second kappa shape index (κ2) is 13.7. The van der Waals surface area contributed by atoms with Crippen molar-refractivity contribution in [3.05, 3.63) is 70.7 Å². The Morgan fingerprint density at radius 1 is 1.09 bits per heavy atom. The zero-order valence-corrected chi connectivity index (χ0v) is 26.3. The van der Waals surface area contributed by atoms with Gasteiger partial charge in [-0.05, 0) is 61.3 Å². The van der Waals surface area contributed by atoms with Crippen LogP contribution in [0.5, 0.6) is 0 Å². The fourth-order valence-corrected chi connectivity index (χ4v) is 6.49. The molecular formula is C34H39F4N5O4. The summed E-state index contributed by atoms with van der Waals surface area (Å²) in [5, 5.41) is 11.5. The van der Waals surface area contributed by atoms with Crippen molar-refractivity contribution in [2.75, 3.05) is 6.54 Å². The summed E-state index contributed by atoms with van der Waals surface area (Å²) in [6.07, 6.45) is -2.63. The molecule has 2 aliphatic rings. The molecule has 3 aromatic rings. The Hall–Kier alpha value is -4.42. The number of amides is 4. The second-order valence-electron chi connectivity index (χ2n) is 12.6. The van der Waals surface area contributed by atoms with Crippen molar-refractivity contribution >= 4 is 34.5 Å². The van der Waals surface area contributed by atoms with Crippen LogP contribution in [0.15, 0.2) is 42.5 Å². The van der Waals surface area contributed by atoms with Crippen molar-refractivity contribution in [3.63, 3.8) is 0 Å². The lowest BCUT2D eigenvalue weighted by Crippen LogP contribution is -2.66. The van der Waals surface area contributed by atoms with Gasteiger partial charge in [0.1, 0.15) is 23.4 Å².